The lowest BCUT2D eigenvalue weighted by Crippen LogP contribution is -2.11. The van der Waals surface area contributed by atoms with Gasteiger partial charge in [0.2, 0.25) is 0 Å². The number of carbonyl (C=O) groups is 1. The summed E-state index contributed by atoms with van der Waals surface area (Å²) in [5.74, 6) is -5.58. The van der Waals surface area contributed by atoms with Crippen molar-refractivity contribution in [2.75, 3.05) is 13.2 Å². The van der Waals surface area contributed by atoms with Crippen molar-refractivity contribution in [3.63, 3.8) is 0 Å². The minimum Gasteiger partial charge on any atom is -0.375 e. The molecule has 1 aromatic carbocycles. The summed E-state index contributed by atoms with van der Waals surface area (Å²) in [5.41, 5.74) is -0.630. The number of rotatable bonds is 6. The summed E-state index contributed by atoms with van der Waals surface area (Å²) in [4.78, 5) is 11.4. The van der Waals surface area contributed by atoms with Crippen LogP contribution in [0.2, 0.25) is 0 Å². The number of hydrogen-bond donors (Lipinski definition) is 0. The molecule has 0 amide bonds. The van der Waals surface area contributed by atoms with Gasteiger partial charge in [-0.1, -0.05) is 0 Å². The normalized spacial score (nSPS) is 11.0. The van der Waals surface area contributed by atoms with Gasteiger partial charge >= 0.3 is 0 Å². The first kappa shape index (κ1) is 14.6. The number of ketones is 1. The van der Waals surface area contributed by atoms with Crippen molar-refractivity contribution in [1.29, 1.82) is 0 Å². The third kappa shape index (κ3) is 3.76. The van der Waals surface area contributed by atoms with Gasteiger partial charge in [0.05, 0.1) is 12.2 Å². The minimum atomic E-state index is -2.67. The fraction of sp³-hybridized carbons (Fsp3) is 0.364. The zero-order valence-electron chi connectivity index (χ0n) is 9.06. The molecule has 0 heterocycles. The first-order chi connectivity index (χ1) is 8.43. The van der Waals surface area contributed by atoms with Gasteiger partial charge in [-0.05, 0) is 12.1 Å². The van der Waals surface area contributed by atoms with Crippen LogP contribution in [-0.4, -0.2) is 25.4 Å². The van der Waals surface area contributed by atoms with E-state index in [1.54, 1.807) is 0 Å². The lowest BCUT2D eigenvalue weighted by molar-refractivity contribution is 0.0169. The van der Waals surface area contributed by atoms with Crippen LogP contribution in [0.15, 0.2) is 12.1 Å². The number of Topliss-reactive ketones (excluding diaryl/α,β-unsaturated/α-hetero) is 1. The maximum absolute atomic E-state index is 13.2. The van der Waals surface area contributed by atoms with Gasteiger partial charge in [0.1, 0.15) is 6.61 Å². The maximum atomic E-state index is 13.2. The average molecular weight is 268 g/mol. The third-order valence-electron chi connectivity index (χ3n) is 2.05. The van der Waals surface area contributed by atoms with Crippen molar-refractivity contribution in [2.45, 2.75) is 12.8 Å². The zero-order chi connectivity index (χ0) is 13.7. The highest BCUT2D eigenvalue weighted by atomic mass is 19.3. The Labute approximate surface area is 99.4 Å². The fourth-order valence-electron chi connectivity index (χ4n) is 1.21. The first-order valence-corrected chi connectivity index (χ1v) is 4.96. The molecule has 0 N–H and O–H groups in total. The maximum Gasteiger partial charge on any atom is 0.261 e. The second kappa shape index (κ2) is 6.44. The van der Waals surface area contributed by atoms with Crippen LogP contribution in [0.4, 0.5) is 22.0 Å². The third-order valence-corrected chi connectivity index (χ3v) is 2.05. The Hall–Kier alpha value is -1.50. The summed E-state index contributed by atoms with van der Waals surface area (Å²) < 4.78 is 66.3. The van der Waals surface area contributed by atoms with Gasteiger partial charge in [-0.15, -0.1) is 0 Å². The summed E-state index contributed by atoms with van der Waals surface area (Å²) in [6.45, 7) is -1.19. The van der Waals surface area contributed by atoms with E-state index in [1.807, 2.05) is 0 Å². The molecular formula is C11H9F5O2. The van der Waals surface area contributed by atoms with E-state index in [9.17, 15) is 26.7 Å². The number of halogens is 5. The highest BCUT2D eigenvalue weighted by Gasteiger charge is 2.18. The largest absolute Gasteiger partial charge is 0.375 e. The molecule has 0 aliphatic heterocycles. The van der Waals surface area contributed by atoms with E-state index in [0.717, 1.165) is 6.07 Å². The molecule has 18 heavy (non-hydrogen) atoms. The van der Waals surface area contributed by atoms with Crippen LogP contribution in [0.3, 0.4) is 0 Å². The van der Waals surface area contributed by atoms with E-state index in [0.29, 0.717) is 6.07 Å². The van der Waals surface area contributed by atoms with Crippen molar-refractivity contribution in [1.82, 2.24) is 0 Å². The molecule has 0 saturated carbocycles. The van der Waals surface area contributed by atoms with Gasteiger partial charge in [-0.3, -0.25) is 4.79 Å². The molecule has 1 aromatic rings. The molecule has 7 heteroatoms. The number of benzene rings is 1. The van der Waals surface area contributed by atoms with E-state index in [4.69, 9.17) is 0 Å². The highest BCUT2D eigenvalue weighted by Crippen LogP contribution is 2.16. The monoisotopic (exact) mass is 268 g/mol. The molecule has 1 rings (SSSR count). The Bertz CT molecular complexity index is 434. The molecule has 0 radical (unpaired) electrons. The smallest absolute Gasteiger partial charge is 0.261 e. The van der Waals surface area contributed by atoms with Crippen LogP contribution < -0.4 is 0 Å². The molecule has 2 nitrogen and oxygen atoms in total. The van der Waals surface area contributed by atoms with Crippen molar-refractivity contribution < 1.29 is 31.5 Å². The van der Waals surface area contributed by atoms with Crippen molar-refractivity contribution in [3.8, 4) is 0 Å². The van der Waals surface area contributed by atoms with Crippen LogP contribution >= 0.6 is 0 Å². The van der Waals surface area contributed by atoms with Crippen molar-refractivity contribution in [3.05, 3.63) is 35.1 Å². The van der Waals surface area contributed by atoms with Crippen LogP contribution in [0, 0.1) is 17.5 Å². The van der Waals surface area contributed by atoms with Crippen LogP contribution in [0.25, 0.3) is 0 Å². The summed E-state index contributed by atoms with van der Waals surface area (Å²) >= 11 is 0. The van der Waals surface area contributed by atoms with E-state index < -0.39 is 48.3 Å². The standard InChI is InChI=1S/C11H9F5O2/c12-7-2-1-6(10(15)11(7)16)8(17)3-4-18-5-9(13)14/h1-2,9H,3-5H2. The first-order valence-electron chi connectivity index (χ1n) is 4.96. The van der Waals surface area contributed by atoms with Gasteiger partial charge in [0.25, 0.3) is 6.43 Å². The molecule has 0 aromatic heterocycles. The quantitative estimate of drug-likeness (QED) is 0.343. The van der Waals surface area contributed by atoms with Gasteiger partial charge < -0.3 is 4.74 Å². The zero-order valence-corrected chi connectivity index (χ0v) is 9.06. The molecule has 0 atom stereocenters. The predicted octanol–water partition coefficient (Wildman–Crippen LogP) is 2.96. The van der Waals surface area contributed by atoms with Crippen LogP contribution in [0.5, 0.6) is 0 Å². The summed E-state index contributed by atoms with van der Waals surface area (Å²) in [7, 11) is 0. The van der Waals surface area contributed by atoms with Crippen molar-refractivity contribution in [2.24, 2.45) is 0 Å². The van der Waals surface area contributed by atoms with Gasteiger partial charge in [0, 0.05) is 6.42 Å². The lowest BCUT2D eigenvalue weighted by Gasteiger charge is -2.05. The molecular weight excluding hydrogens is 259 g/mol. The SMILES string of the molecule is O=C(CCOCC(F)F)c1ccc(F)c(F)c1F. The average Bonchev–Trinajstić information content (AvgIpc) is 2.31. The predicted molar refractivity (Wildman–Crippen MR) is 52.1 cm³/mol. The minimum absolute atomic E-state index is 0.346. The summed E-state index contributed by atoms with van der Waals surface area (Å²) in [6.07, 6.45) is -3.06. The Morgan fingerprint density at radius 1 is 1.17 bits per heavy atom. The summed E-state index contributed by atoms with van der Waals surface area (Å²) in [5, 5.41) is 0. The summed E-state index contributed by atoms with van der Waals surface area (Å²) in [6, 6.07) is 1.41. The van der Waals surface area contributed by atoms with Crippen LogP contribution in [0.1, 0.15) is 16.8 Å². The van der Waals surface area contributed by atoms with Gasteiger partial charge in [-0.2, -0.15) is 0 Å². The van der Waals surface area contributed by atoms with E-state index in [-0.39, 0.29) is 6.61 Å². The molecule has 0 saturated heterocycles. The van der Waals surface area contributed by atoms with Crippen LogP contribution in [-0.2, 0) is 4.74 Å². The van der Waals surface area contributed by atoms with E-state index in [2.05, 4.69) is 4.74 Å². The number of ether oxygens (including phenoxy) is 1. The second-order valence-corrected chi connectivity index (χ2v) is 3.36. The van der Waals surface area contributed by atoms with Gasteiger partial charge in [-0.25, -0.2) is 22.0 Å². The topological polar surface area (TPSA) is 26.3 Å². The number of carbonyl (C=O) groups excluding carboxylic acids is 1. The van der Waals surface area contributed by atoms with E-state index >= 15 is 0 Å². The number of hydrogen-bond acceptors (Lipinski definition) is 2. The molecule has 0 aliphatic rings. The Kier molecular flexibility index (Phi) is 5.21. The Morgan fingerprint density at radius 3 is 2.44 bits per heavy atom. The highest BCUT2D eigenvalue weighted by molar-refractivity contribution is 5.96. The Balaban J connectivity index is 2.60. The molecule has 0 unspecified atom stereocenters. The molecule has 100 valence electrons. The van der Waals surface area contributed by atoms with E-state index in [1.165, 1.54) is 0 Å². The lowest BCUT2D eigenvalue weighted by atomic mass is 10.1. The second-order valence-electron chi connectivity index (χ2n) is 3.36. The molecule has 0 aliphatic carbocycles. The fourth-order valence-corrected chi connectivity index (χ4v) is 1.21. The number of alkyl halides is 2. The molecule has 0 fully saturated rings. The van der Waals surface area contributed by atoms with Gasteiger partial charge in [0.15, 0.2) is 23.2 Å². The molecule has 0 bridgehead atoms. The Morgan fingerprint density at radius 2 is 1.83 bits per heavy atom. The molecule has 0 spiro atoms. The van der Waals surface area contributed by atoms with Crippen molar-refractivity contribution >= 4 is 5.78 Å².